The zero-order valence-corrected chi connectivity index (χ0v) is 21.3. The molecule has 0 radical (unpaired) electrons. The van der Waals surface area contributed by atoms with Crippen molar-refractivity contribution in [2.24, 2.45) is 0 Å². The lowest BCUT2D eigenvalue weighted by Gasteiger charge is -2.51. The molecule has 1 fully saturated rings. The Bertz CT molecular complexity index is 1500. The molecule has 2 atom stereocenters. The number of aromatic nitrogens is 1. The van der Waals surface area contributed by atoms with Gasteiger partial charge in [-0.05, 0) is 54.3 Å². The maximum Gasteiger partial charge on any atom is 0.254 e. The van der Waals surface area contributed by atoms with Gasteiger partial charge in [0.25, 0.3) is 5.91 Å². The van der Waals surface area contributed by atoms with Gasteiger partial charge >= 0.3 is 0 Å². The minimum absolute atomic E-state index is 0.0606. The van der Waals surface area contributed by atoms with E-state index >= 15 is 0 Å². The number of para-hydroxylation sites is 1. The highest BCUT2D eigenvalue weighted by Crippen LogP contribution is 2.49. The Kier molecular flexibility index (Phi) is 5.58. The van der Waals surface area contributed by atoms with Gasteiger partial charge in [0.2, 0.25) is 5.91 Å². The number of nitrogens with zero attached hydrogens (tertiary/aromatic N) is 2. The first kappa shape index (κ1) is 23.1. The number of benzene rings is 3. The van der Waals surface area contributed by atoms with Gasteiger partial charge in [-0.3, -0.25) is 9.59 Å². The molecule has 7 heteroatoms. The highest BCUT2D eigenvalue weighted by molar-refractivity contribution is 6.31. The van der Waals surface area contributed by atoms with Crippen molar-refractivity contribution in [1.82, 2.24) is 14.8 Å². The van der Waals surface area contributed by atoms with Gasteiger partial charge < -0.3 is 14.8 Å². The summed E-state index contributed by atoms with van der Waals surface area (Å²) in [5.74, 6) is -0.272. The Balaban J connectivity index is 1.44. The molecule has 3 heterocycles. The summed E-state index contributed by atoms with van der Waals surface area (Å²) in [4.78, 5) is 34.7. The van der Waals surface area contributed by atoms with Gasteiger partial charge in [-0.15, -0.1) is 0 Å². The summed E-state index contributed by atoms with van der Waals surface area (Å²) in [6.45, 7) is 2.79. The summed E-state index contributed by atoms with van der Waals surface area (Å²) in [7, 11) is 0. The quantitative estimate of drug-likeness (QED) is 0.374. The molecule has 1 saturated heterocycles. The minimum atomic E-state index is -1.12. The van der Waals surface area contributed by atoms with Gasteiger partial charge in [-0.2, -0.15) is 0 Å². The van der Waals surface area contributed by atoms with Crippen LogP contribution in [0.5, 0.6) is 0 Å². The van der Waals surface area contributed by atoms with Crippen LogP contribution in [-0.2, 0) is 21.5 Å². The summed E-state index contributed by atoms with van der Waals surface area (Å²) in [5.41, 5.74) is 3.66. The van der Waals surface area contributed by atoms with E-state index in [0.717, 1.165) is 33.3 Å². The van der Waals surface area contributed by atoms with E-state index in [1.165, 1.54) is 0 Å². The van der Waals surface area contributed by atoms with Gasteiger partial charge in [-0.1, -0.05) is 71.7 Å². The maximum atomic E-state index is 14.1. The largest absolute Gasteiger partial charge is 0.356 e. The number of hydrogen-bond acceptors (Lipinski definition) is 2. The number of rotatable bonds is 4. The Hall–Kier alpha value is -3.28. The second-order valence-electron chi connectivity index (χ2n) is 9.71. The van der Waals surface area contributed by atoms with Gasteiger partial charge in [0.15, 0.2) is 5.54 Å². The Morgan fingerprint density at radius 1 is 0.972 bits per heavy atom. The van der Waals surface area contributed by atoms with Crippen LogP contribution >= 0.6 is 23.2 Å². The number of piperazine rings is 1. The number of halogens is 2. The average Bonchev–Trinajstić information content (AvgIpc) is 3.28. The summed E-state index contributed by atoms with van der Waals surface area (Å²) in [5, 5.41) is 2.38. The van der Waals surface area contributed by atoms with Crippen LogP contribution in [0.2, 0.25) is 10.0 Å². The molecule has 0 bridgehead atoms. The molecule has 0 spiro atoms. The molecule has 0 aliphatic carbocycles. The number of carbonyl (C=O) groups excluding carboxylic acids is 2. The first-order valence-electron chi connectivity index (χ1n) is 12.1. The van der Waals surface area contributed by atoms with E-state index in [9.17, 15) is 9.59 Å². The van der Waals surface area contributed by atoms with Crippen molar-refractivity contribution in [1.29, 1.82) is 0 Å². The molecule has 6 rings (SSSR count). The normalized spacial score (nSPS) is 21.6. The van der Waals surface area contributed by atoms with Crippen molar-refractivity contribution in [2.75, 3.05) is 19.6 Å². The highest BCUT2D eigenvalue weighted by atomic mass is 35.5. The van der Waals surface area contributed by atoms with Crippen molar-refractivity contribution in [2.45, 2.75) is 24.8 Å². The molecule has 2 unspecified atom stereocenters. The van der Waals surface area contributed by atoms with Crippen molar-refractivity contribution in [3.8, 4) is 0 Å². The third kappa shape index (κ3) is 3.53. The molecule has 2 aliphatic heterocycles. The number of fused-ring (bicyclic) bond motifs is 5. The number of aromatic amines is 1. The van der Waals surface area contributed by atoms with Gasteiger partial charge in [0.05, 0.1) is 12.2 Å². The average molecular weight is 518 g/mol. The van der Waals surface area contributed by atoms with Crippen LogP contribution in [-0.4, -0.2) is 46.2 Å². The predicted molar refractivity (Wildman–Crippen MR) is 142 cm³/mol. The fraction of sp³-hybridized carbons (Fsp3) is 0.241. The van der Waals surface area contributed by atoms with E-state index in [1.807, 2.05) is 73.7 Å². The van der Waals surface area contributed by atoms with Crippen molar-refractivity contribution in [3.63, 3.8) is 0 Å². The lowest BCUT2D eigenvalue weighted by Crippen LogP contribution is -2.67. The van der Waals surface area contributed by atoms with E-state index in [4.69, 9.17) is 23.2 Å². The topological polar surface area (TPSA) is 56.4 Å². The highest BCUT2D eigenvalue weighted by Gasteiger charge is 2.56. The second-order valence-corrected chi connectivity index (χ2v) is 10.6. The zero-order valence-electron chi connectivity index (χ0n) is 19.8. The number of hydrogen-bond donors (Lipinski definition) is 1. The zero-order chi connectivity index (χ0) is 25.0. The third-order valence-corrected chi connectivity index (χ3v) is 8.28. The smallest absolute Gasteiger partial charge is 0.254 e. The van der Waals surface area contributed by atoms with Crippen LogP contribution in [0, 0.1) is 0 Å². The summed E-state index contributed by atoms with van der Waals surface area (Å²) >= 11 is 12.7. The Morgan fingerprint density at radius 3 is 2.47 bits per heavy atom. The number of carbonyl (C=O) groups is 2. The molecule has 1 aromatic heterocycles. The van der Waals surface area contributed by atoms with Crippen LogP contribution in [0.25, 0.3) is 10.9 Å². The van der Waals surface area contributed by atoms with E-state index in [2.05, 4.69) is 11.1 Å². The second kappa shape index (κ2) is 8.68. The molecular weight excluding hydrogens is 493 g/mol. The maximum absolute atomic E-state index is 14.1. The fourth-order valence-electron chi connectivity index (χ4n) is 5.81. The molecule has 4 aromatic rings. The predicted octanol–water partition coefficient (Wildman–Crippen LogP) is 5.75. The van der Waals surface area contributed by atoms with E-state index in [-0.39, 0.29) is 24.3 Å². The standard InChI is InChI=1S/C29H25Cl2N3O2/c1-29-27-26(21-7-3-5-9-24(21)32-27)22(20-6-2-4-8-23(20)31)16-34(29)25(35)17-33(28(29)36)15-14-18-10-12-19(30)13-11-18/h2-13,22,32H,14-17H2,1H3. The van der Waals surface area contributed by atoms with Gasteiger partial charge in [0.1, 0.15) is 0 Å². The molecule has 1 N–H and O–H groups in total. The molecule has 0 saturated carbocycles. The third-order valence-electron chi connectivity index (χ3n) is 7.68. The van der Waals surface area contributed by atoms with Gasteiger partial charge in [-0.25, -0.2) is 0 Å². The van der Waals surface area contributed by atoms with Gasteiger partial charge in [0, 0.05) is 40.0 Å². The van der Waals surface area contributed by atoms with Crippen molar-refractivity contribution >= 4 is 45.9 Å². The van der Waals surface area contributed by atoms with Crippen LogP contribution in [0.1, 0.15) is 35.2 Å². The van der Waals surface area contributed by atoms with Crippen LogP contribution < -0.4 is 0 Å². The Morgan fingerprint density at radius 2 is 1.69 bits per heavy atom. The molecule has 5 nitrogen and oxygen atoms in total. The molecule has 2 aliphatic rings. The van der Waals surface area contributed by atoms with Crippen LogP contribution in [0.3, 0.4) is 0 Å². The monoisotopic (exact) mass is 517 g/mol. The molecule has 2 amide bonds. The molecule has 182 valence electrons. The molecular formula is C29H25Cl2N3O2. The van der Waals surface area contributed by atoms with Crippen molar-refractivity contribution < 1.29 is 9.59 Å². The fourth-order valence-corrected chi connectivity index (χ4v) is 6.20. The number of nitrogens with one attached hydrogen (secondary N) is 1. The minimum Gasteiger partial charge on any atom is -0.356 e. The molecule has 3 aromatic carbocycles. The lowest BCUT2D eigenvalue weighted by molar-refractivity contribution is -0.166. The van der Waals surface area contributed by atoms with E-state index in [1.54, 1.807) is 9.80 Å². The number of amides is 2. The molecule has 36 heavy (non-hydrogen) atoms. The van der Waals surface area contributed by atoms with E-state index in [0.29, 0.717) is 29.6 Å². The lowest BCUT2D eigenvalue weighted by atomic mass is 9.76. The summed E-state index contributed by atoms with van der Waals surface area (Å²) in [6.07, 6.45) is 0.647. The van der Waals surface area contributed by atoms with Crippen molar-refractivity contribution in [3.05, 3.63) is 105 Å². The first-order chi connectivity index (χ1) is 17.4. The summed E-state index contributed by atoms with van der Waals surface area (Å²) in [6, 6.07) is 23.4. The van der Waals surface area contributed by atoms with Crippen LogP contribution in [0.4, 0.5) is 0 Å². The summed E-state index contributed by atoms with van der Waals surface area (Å²) < 4.78 is 0. The van der Waals surface area contributed by atoms with Crippen LogP contribution in [0.15, 0.2) is 72.8 Å². The SMILES string of the molecule is CC12C(=O)N(CCc3ccc(Cl)cc3)CC(=O)N1CC(c1ccccc1Cl)c1c2[nH]c2ccccc12. The Labute approximate surface area is 219 Å². The number of H-pyrrole nitrogens is 1. The van der Waals surface area contributed by atoms with E-state index < -0.39 is 5.54 Å². The first-order valence-corrected chi connectivity index (χ1v) is 12.8.